The number of hydrogen-bond donors (Lipinski definition) is 0. The minimum Gasteiger partial charge on any atom is -0.465 e. The third-order valence-electron chi connectivity index (χ3n) is 4.93. The zero-order chi connectivity index (χ0) is 20.3. The van der Waals surface area contributed by atoms with Gasteiger partial charge in [-0.3, -0.25) is 9.36 Å². The molecule has 0 aliphatic carbocycles. The molecule has 3 aromatic rings. The lowest BCUT2D eigenvalue weighted by atomic mass is 10.0. The van der Waals surface area contributed by atoms with Gasteiger partial charge in [0.1, 0.15) is 0 Å². The molecular formula is C23H26N2O3. The fraction of sp³-hybridized carbons (Fsp3) is 0.304. The maximum Gasteiger partial charge on any atom is 0.337 e. The number of carbonyl (C=O) groups excluding carboxylic acids is 1. The molecule has 1 heterocycles. The van der Waals surface area contributed by atoms with E-state index in [1.165, 1.54) is 7.11 Å². The Morgan fingerprint density at radius 2 is 1.89 bits per heavy atom. The highest BCUT2D eigenvalue weighted by Crippen LogP contribution is 2.19. The molecule has 0 N–H and O–H groups in total. The monoisotopic (exact) mass is 378 g/mol. The first-order valence-electron chi connectivity index (χ1n) is 9.39. The average molecular weight is 378 g/mol. The molecule has 0 atom stereocenters. The van der Waals surface area contributed by atoms with Crippen LogP contribution >= 0.6 is 0 Å². The van der Waals surface area contributed by atoms with E-state index in [9.17, 15) is 9.59 Å². The number of aryl methyl sites for hydroxylation is 2. The van der Waals surface area contributed by atoms with Crippen LogP contribution in [0.15, 0.2) is 53.5 Å². The SMILES string of the molecule is COC(=O)c1ccc(C)c(-n2ccc3ccc(CCCN(C)C)cc3c2=O)c1. The normalized spacial score (nSPS) is 11.2. The van der Waals surface area contributed by atoms with Crippen molar-refractivity contribution in [3.8, 4) is 5.69 Å². The van der Waals surface area contributed by atoms with Crippen molar-refractivity contribution in [2.75, 3.05) is 27.7 Å². The molecule has 2 aromatic carbocycles. The van der Waals surface area contributed by atoms with Gasteiger partial charge in [-0.15, -0.1) is 0 Å². The molecule has 28 heavy (non-hydrogen) atoms. The van der Waals surface area contributed by atoms with Crippen molar-refractivity contribution in [1.82, 2.24) is 9.47 Å². The van der Waals surface area contributed by atoms with Crippen LogP contribution in [-0.4, -0.2) is 43.2 Å². The van der Waals surface area contributed by atoms with Crippen LogP contribution in [0.5, 0.6) is 0 Å². The summed E-state index contributed by atoms with van der Waals surface area (Å²) >= 11 is 0. The van der Waals surface area contributed by atoms with Gasteiger partial charge in [-0.05, 0) is 81.2 Å². The van der Waals surface area contributed by atoms with E-state index in [1.54, 1.807) is 22.9 Å². The summed E-state index contributed by atoms with van der Waals surface area (Å²) < 4.78 is 6.41. The number of benzene rings is 2. The van der Waals surface area contributed by atoms with Gasteiger partial charge in [0.05, 0.1) is 18.4 Å². The Morgan fingerprint density at radius 1 is 1.11 bits per heavy atom. The van der Waals surface area contributed by atoms with Crippen LogP contribution in [-0.2, 0) is 11.2 Å². The van der Waals surface area contributed by atoms with Gasteiger partial charge in [-0.1, -0.05) is 18.2 Å². The largest absolute Gasteiger partial charge is 0.465 e. The van der Waals surface area contributed by atoms with Gasteiger partial charge in [-0.25, -0.2) is 4.79 Å². The van der Waals surface area contributed by atoms with Gasteiger partial charge >= 0.3 is 5.97 Å². The summed E-state index contributed by atoms with van der Waals surface area (Å²) in [6.45, 7) is 2.93. The summed E-state index contributed by atoms with van der Waals surface area (Å²) in [6.07, 6.45) is 3.74. The highest BCUT2D eigenvalue weighted by Gasteiger charge is 2.12. The van der Waals surface area contributed by atoms with Crippen molar-refractivity contribution in [2.45, 2.75) is 19.8 Å². The van der Waals surface area contributed by atoms with E-state index >= 15 is 0 Å². The quantitative estimate of drug-likeness (QED) is 0.615. The predicted octanol–water partition coefficient (Wildman–Crippen LogP) is 3.58. The molecule has 0 amide bonds. The highest BCUT2D eigenvalue weighted by atomic mass is 16.5. The lowest BCUT2D eigenvalue weighted by molar-refractivity contribution is 0.0600. The molecule has 146 valence electrons. The fourth-order valence-corrected chi connectivity index (χ4v) is 3.34. The van der Waals surface area contributed by atoms with Crippen molar-refractivity contribution < 1.29 is 9.53 Å². The molecular weight excluding hydrogens is 352 g/mol. The van der Waals surface area contributed by atoms with E-state index in [-0.39, 0.29) is 5.56 Å². The predicted molar refractivity (Wildman–Crippen MR) is 112 cm³/mol. The summed E-state index contributed by atoms with van der Waals surface area (Å²) in [5, 5.41) is 1.60. The van der Waals surface area contributed by atoms with Crippen LogP contribution in [0.1, 0.15) is 27.9 Å². The van der Waals surface area contributed by atoms with Crippen LogP contribution in [0.4, 0.5) is 0 Å². The third kappa shape index (κ3) is 4.15. The van der Waals surface area contributed by atoms with E-state index in [4.69, 9.17) is 4.74 Å². The Hall–Kier alpha value is -2.92. The smallest absolute Gasteiger partial charge is 0.337 e. The second-order valence-corrected chi connectivity index (χ2v) is 7.31. The molecule has 0 saturated carbocycles. The molecule has 0 radical (unpaired) electrons. The van der Waals surface area contributed by atoms with Gasteiger partial charge in [0, 0.05) is 11.6 Å². The Balaban J connectivity index is 2.04. The molecule has 0 spiro atoms. The van der Waals surface area contributed by atoms with Crippen molar-refractivity contribution in [2.24, 2.45) is 0 Å². The topological polar surface area (TPSA) is 51.5 Å². The van der Waals surface area contributed by atoms with E-state index in [0.29, 0.717) is 16.6 Å². The van der Waals surface area contributed by atoms with Crippen LogP contribution in [0, 0.1) is 6.92 Å². The molecule has 1 aromatic heterocycles. The van der Waals surface area contributed by atoms with Crippen LogP contribution in [0.3, 0.4) is 0 Å². The standard InChI is InChI=1S/C23H26N2O3/c1-16-7-9-19(23(27)28-4)15-21(16)25-13-11-18-10-8-17(6-5-12-24(2)3)14-20(18)22(25)26/h7-11,13-15H,5-6,12H2,1-4H3. The first-order chi connectivity index (χ1) is 13.4. The van der Waals surface area contributed by atoms with Gasteiger partial charge in [-0.2, -0.15) is 0 Å². The van der Waals surface area contributed by atoms with Gasteiger partial charge in [0.25, 0.3) is 5.56 Å². The number of esters is 1. The highest BCUT2D eigenvalue weighted by molar-refractivity contribution is 5.90. The number of nitrogens with zero attached hydrogens (tertiary/aromatic N) is 2. The summed E-state index contributed by atoms with van der Waals surface area (Å²) in [5.74, 6) is -0.418. The number of rotatable bonds is 6. The molecule has 0 bridgehead atoms. The first kappa shape index (κ1) is 19.8. The Bertz CT molecular complexity index is 1070. The average Bonchev–Trinajstić information content (AvgIpc) is 2.68. The van der Waals surface area contributed by atoms with Crippen LogP contribution in [0.25, 0.3) is 16.5 Å². The second kappa shape index (κ2) is 8.40. The fourth-order valence-electron chi connectivity index (χ4n) is 3.34. The molecule has 0 unspecified atom stereocenters. The third-order valence-corrected chi connectivity index (χ3v) is 4.93. The Kier molecular flexibility index (Phi) is 5.95. The second-order valence-electron chi connectivity index (χ2n) is 7.31. The molecule has 5 nitrogen and oxygen atoms in total. The lowest BCUT2D eigenvalue weighted by Crippen LogP contribution is -2.19. The molecule has 0 aliphatic rings. The van der Waals surface area contributed by atoms with Gasteiger partial charge in [0.2, 0.25) is 0 Å². The first-order valence-corrected chi connectivity index (χ1v) is 9.39. The van der Waals surface area contributed by atoms with E-state index in [2.05, 4.69) is 25.1 Å². The zero-order valence-corrected chi connectivity index (χ0v) is 16.9. The maximum atomic E-state index is 13.2. The molecule has 0 aliphatic heterocycles. The number of aromatic nitrogens is 1. The Labute approximate surface area is 165 Å². The number of carbonyl (C=O) groups is 1. The number of pyridine rings is 1. The zero-order valence-electron chi connectivity index (χ0n) is 16.9. The van der Waals surface area contributed by atoms with Crippen molar-refractivity contribution >= 4 is 16.7 Å². The summed E-state index contributed by atoms with van der Waals surface area (Å²) in [5.41, 5.74) is 3.10. The summed E-state index contributed by atoms with van der Waals surface area (Å²) in [4.78, 5) is 27.2. The van der Waals surface area contributed by atoms with Gasteiger partial charge < -0.3 is 9.64 Å². The number of methoxy groups -OCH3 is 1. The number of ether oxygens (including phenoxy) is 1. The minimum atomic E-state index is -0.418. The molecule has 5 heteroatoms. The molecule has 0 fully saturated rings. The maximum absolute atomic E-state index is 13.2. The lowest BCUT2D eigenvalue weighted by Gasteiger charge is -2.13. The molecule has 3 rings (SSSR count). The minimum absolute atomic E-state index is 0.0860. The van der Waals surface area contributed by atoms with Crippen molar-refractivity contribution in [3.05, 3.63) is 75.7 Å². The Morgan fingerprint density at radius 3 is 2.61 bits per heavy atom. The van der Waals surface area contributed by atoms with Crippen LogP contribution in [0.2, 0.25) is 0 Å². The number of hydrogen-bond acceptors (Lipinski definition) is 4. The van der Waals surface area contributed by atoms with Crippen molar-refractivity contribution in [1.29, 1.82) is 0 Å². The van der Waals surface area contributed by atoms with E-state index in [1.807, 2.05) is 31.2 Å². The molecule has 0 saturated heterocycles. The van der Waals surface area contributed by atoms with E-state index in [0.717, 1.165) is 35.9 Å². The summed E-state index contributed by atoms with van der Waals surface area (Å²) in [6, 6.07) is 13.3. The van der Waals surface area contributed by atoms with Crippen LogP contribution < -0.4 is 5.56 Å². The number of fused-ring (bicyclic) bond motifs is 1. The van der Waals surface area contributed by atoms with Crippen molar-refractivity contribution in [3.63, 3.8) is 0 Å². The van der Waals surface area contributed by atoms with Gasteiger partial charge in [0.15, 0.2) is 0 Å². The van der Waals surface area contributed by atoms with E-state index < -0.39 is 5.97 Å². The summed E-state index contributed by atoms with van der Waals surface area (Å²) in [7, 11) is 5.47.